The number of rotatable bonds is 8. The average molecular weight is 457 g/mol. The maximum Gasteiger partial charge on any atom is 0.387 e. The van der Waals surface area contributed by atoms with Crippen molar-refractivity contribution in [2.24, 2.45) is 0 Å². The Bertz CT molecular complexity index is 1150. The van der Waals surface area contributed by atoms with Gasteiger partial charge in [-0.1, -0.05) is 6.58 Å². The fourth-order valence-electron chi connectivity index (χ4n) is 3.15. The minimum Gasteiger partial charge on any atom is -0.432 e. The number of alkyl halides is 2. The van der Waals surface area contributed by atoms with Gasteiger partial charge in [-0.15, -0.1) is 0 Å². The van der Waals surface area contributed by atoms with Crippen LogP contribution in [0.5, 0.6) is 17.5 Å². The normalized spacial score (nSPS) is 13.4. The highest BCUT2D eigenvalue weighted by molar-refractivity contribution is 5.87. The van der Waals surface area contributed by atoms with E-state index in [1.807, 2.05) is 6.07 Å². The summed E-state index contributed by atoms with van der Waals surface area (Å²) in [6, 6.07) is 5.11. The molecule has 1 aliphatic rings. The molecule has 11 heteroatoms. The van der Waals surface area contributed by atoms with E-state index in [-0.39, 0.29) is 23.7 Å². The van der Waals surface area contributed by atoms with E-state index in [4.69, 9.17) is 4.74 Å². The lowest BCUT2D eigenvalue weighted by Gasteiger charge is -2.39. The summed E-state index contributed by atoms with van der Waals surface area (Å²) in [5, 5.41) is 3.31. The predicted octanol–water partition coefficient (Wildman–Crippen LogP) is 3.88. The number of nitrogens with zero attached hydrogens (tertiary/aromatic N) is 4. The monoisotopic (exact) mass is 457 g/mol. The molecule has 0 spiro atoms. The van der Waals surface area contributed by atoms with Crippen molar-refractivity contribution >= 4 is 11.6 Å². The average Bonchev–Trinajstić information content (AvgIpc) is 2.78. The highest BCUT2D eigenvalue weighted by atomic mass is 19.3. The summed E-state index contributed by atoms with van der Waals surface area (Å²) in [4.78, 5) is 25.6. The number of ether oxygens (including phenoxy) is 2. The molecular formula is C22H18F3N5O3. The number of halogens is 3. The molecule has 170 valence electrons. The standard InChI is InChI=1S/C22H18F3N5O3/c1-2-20(31)30-11-16(12-30)29-15-5-13(7-26-10-15)14-8-27-22(28-9-14)32-17-3-4-18(23)19(6-17)33-21(24)25/h2-10,16,21,29H,1,11-12H2. The van der Waals surface area contributed by atoms with Crippen molar-refractivity contribution in [2.45, 2.75) is 12.7 Å². The second-order valence-corrected chi connectivity index (χ2v) is 7.08. The molecule has 1 N–H and O–H groups in total. The molecule has 1 saturated heterocycles. The summed E-state index contributed by atoms with van der Waals surface area (Å²) < 4.78 is 47.8. The van der Waals surface area contributed by atoms with E-state index in [0.29, 0.717) is 18.7 Å². The minimum absolute atomic E-state index is 0.0390. The van der Waals surface area contributed by atoms with Crippen molar-refractivity contribution in [2.75, 3.05) is 18.4 Å². The molecular weight excluding hydrogens is 439 g/mol. The number of amides is 1. The van der Waals surface area contributed by atoms with Gasteiger partial charge in [0.25, 0.3) is 0 Å². The van der Waals surface area contributed by atoms with E-state index in [0.717, 1.165) is 23.4 Å². The first kappa shape index (κ1) is 22.1. The fourth-order valence-corrected chi connectivity index (χ4v) is 3.15. The third-order valence-electron chi connectivity index (χ3n) is 4.77. The number of anilines is 1. The number of pyridine rings is 1. The fraction of sp³-hybridized carbons (Fsp3) is 0.182. The molecule has 3 aromatic rings. The summed E-state index contributed by atoms with van der Waals surface area (Å²) in [6.45, 7) is 1.47. The van der Waals surface area contributed by atoms with Crippen LogP contribution in [0.15, 0.2) is 61.7 Å². The van der Waals surface area contributed by atoms with Crippen LogP contribution in [0.2, 0.25) is 0 Å². The molecule has 1 aromatic carbocycles. The van der Waals surface area contributed by atoms with Gasteiger partial charge in [0.2, 0.25) is 5.91 Å². The lowest BCUT2D eigenvalue weighted by Crippen LogP contribution is -2.56. The van der Waals surface area contributed by atoms with E-state index >= 15 is 0 Å². The Hall–Kier alpha value is -4.15. The van der Waals surface area contributed by atoms with E-state index < -0.39 is 18.2 Å². The number of hydrogen-bond acceptors (Lipinski definition) is 7. The summed E-state index contributed by atoms with van der Waals surface area (Å²) in [6.07, 6.45) is 7.63. The van der Waals surface area contributed by atoms with Crippen LogP contribution in [0.1, 0.15) is 0 Å². The van der Waals surface area contributed by atoms with Crippen LogP contribution in [0, 0.1) is 5.82 Å². The molecule has 33 heavy (non-hydrogen) atoms. The van der Waals surface area contributed by atoms with Crippen LogP contribution in [0.3, 0.4) is 0 Å². The van der Waals surface area contributed by atoms with Gasteiger partial charge in [-0.25, -0.2) is 14.4 Å². The largest absolute Gasteiger partial charge is 0.432 e. The number of aromatic nitrogens is 3. The zero-order chi connectivity index (χ0) is 23.4. The van der Waals surface area contributed by atoms with Crippen molar-refractivity contribution < 1.29 is 27.4 Å². The molecule has 1 amide bonds. The number of carbonyl (C=O) groups excluding carboxylic acids is 1. The van der Waals surface area contributed by atoms with Gasteiger partial charge >= 0.3 is 12.6 Å². The van der Waals surface area contributed by atoms with Gasteiger partial charge in [0.05, 0.1) is 11.7 Å². The Morgan fingerprint density at radius 1 is 1.15 bits per heavy atom. The number of benzene rings is 1. The predicted molar refractivity (Wildman–Crippen MR) is 113 cm³/mol. The van der Waals surface area contributed by atoms with Crippen molar-refractivity contribution in [3.8, 4) is 28.6 Å². The van der Waals surface area contributed by atoms with E-state index in [9.17, 15) is 18.0 Å². The third-order valence-corrected chi connectivity index (χ3v) is 4.77. The molecule has 0 aliphatic carbocycles. The van der Waals surface area contributed by atoms with Crippen molar-refractivity contribution in [3.05, 3.63) is 67.5 Å². The van der Waals surface area contributed by atoms with Crippen LogP contribution in [-0.4, -0.2) is 51.5 Å². The molecule has 3 heterocycles. The summed E-state index contributed by atoms with van der Waals surface area (Å²) in [5.41, 5.74) is 2.19. The highest BCUT2D eigenvalue weighted by Crippen LogP contribution is 2.28. The Labute approximate surface area is 186 Å². The number of hydrogen-bond donors (Lipinski definition) is 1. The first-order valence-corrected chi connectivity index (χ1v) is 9.79. The van der Waals surface area contributed by atoms with Crippen LogP contribution in [0.4, 0.5) is 18.9 Å². The van der Waals surface area contributed by atoms with Crippen LogP contribution in [0.25, 0.3) is 11.1 Å². The quantitative estimate of drug-likeness (QED) is 0.514. The van der Waals surface area contributed by atoms with Gasteiger partial charge in [0.1, 0.15) is 5.75 Å². The lowest BCUT2D eigenvalue weighted by molar-refractivity contribution is -0.129. The van der Waals surface area contributed by atoms with Gasteiger partial charge in [0.15, 0.2) is 11.6 Å². The number of likely N-dealkylation sites (tertiary alicyclic amines) is 1. The van der Waals surface area contributed by atoms with Gasteiger partial charge in [-0.05, 0) is 24.3 Å². The maximum absolute atomic E-state index is 13.5. The van der Waals surface area contributed by atoms with Crippen LogP contribution < -0.4 is 14.8 Å². The molecule has 0 radical (unpaired) electrons. The van der Waals surface area contributed by atoms with Gasteiger partial charge < -0.3 is 19.7 Å². The summed E-state index contributed by atoms with van der Waals surface area (Å²) in [7, 11) is 0. The van der Waals surface area contributed by atoms with Crippen molar-refractivity contribution in [3.63, 3.8) is 0 Å². The zero-order valence-electron chi connectivity index (χ0n) is 17.1. The van der Waals surface area contributed by atoms with Crippen molar-refractivity contribution in [1.82, 2.24) is 19.9 Å². The SMILES string of the molecule is C=CC(=O)N1CC(Nc2cncc(-c3cnc(Oc4ccc(F)c(OC(F)F)c4)nc3)c2)C1. The second kappa shape index (κ2) is 9.55. The Kier molecular flexibility index (Phi) is 6.38. The molecule has 2 aromatic heterocycles. The Morgan fingerprint density at radius 3 is 2.61 bits per heavy atom. The van der Waals surface area contributed by atoms with Crippen LogP contribution >= 0.6 is 0 Å². The topological polar surface area (TPSA) is 89.5 Å². The lowest BCUT2D eigenvalue weighted by atomic mass is 10.1. The minimum atomic E-state index is -3.16. The molecule has 0 bridgehead atoms. The van der Waals surface area contributed by atoms with E-state index in [1.165, 1.54) is 24.5 Å². The number of carbonyl (C=O) groups is 1. The van der Waals surface area contributed by atoms with Gasteiger partial charge in [0, 0.05) is 55.1 Å². The summed E-state index contributed by atoms with van der Waals surface area (Å²) >= 11 is 0. The van der Waals surface area contributed by atoms with Gasteiger partial charge in [-0.3, -0.25) is 9.78 Å². The third kappa shape index (κ3) is 5.37. The first-order valence-electron chi connectivity index (χ1n) is 9.79. The van der Waals surface area contributed by atoms with E-state index in [1.54, 1.807) is 17.3 Å². The molecule has 4 rings (SSSR count). The summed E-state index contributed by atoms with van der Waals surface area (Å²) in [5.74, 6) is -1.64. The Morgan fingerprint density at radius 2 is 1.91 bits per heavy atom. The molecule has 1 fully saturated rings. The molecule has 8 nitrogen and oxygen atoms in total. The van der Waals surface area contributed by atoms with E-state index in [2.05, 4.69) is 31.6 Å². The highest BCUT2D eigenvalue weighted by Gasteiger charge is 2.29. The molecule has 0 atom stereocenters. The molecule has 0 unspecified atom stereocenters. The van der Waals surface area contributed by atoms with Crippen LogP contribution in [-0.2, 0) is 4.79 Å². The van der Waals surface area contributed by atoms with Crippen molar-refractivity contribution in [1.29, 1.82) is 0 Å². The Balaban J connectivity index is 1.40. The maximum atomic E-state index is 13.5. The van der Waals surface area contributed by atoms with Gasteiger partial charge in [-0.2, -0.15) is 8.78 Å². The first-order chi connectivity index (χ1) is 15.9. The molecule has 1 aliphatic heterocycles. The zero-order valence-corrected chi connectivity index (χ0v) is 17.1. The second-order valence-electron chi connectivity index (χ2n) is 7.08. The number of nitrogens with one attached hydrogen (secondary N) is 1. The smallest absolute Gasteiger partial charge is 0.387 e. The molecule has 0 saturated carbocycles.